The minimum absolute atomic E-state index is 0.0626. The summed E-state index contributed by atoms with van der Waals surface area (Å²) in [6.07, 6.45) is 5.04. The Kier molecular flexibility index (Phi) is 6.19. The van der Waals surface area contributed by atoms with Crippen LogP contribution in [0, 0.1) is 0 Å². The van der Waals surface area contributed by atoms with Gasteiger partial charge < -0.3 is 4.18 Å². The van der Waals surface area contributed by atoms with Gasteiger partial charge in [-0.25, -0.2) is 0 Å². The Hall–Kier alpha value is -1.03. The second-order valence-electron chi connectivity index (χ2n) is 4.45. The van der Waals surface area contributed by atoms with Gasteiger partial charge in [0.1, 0.15) is 5.75 Å². The molecule has 0 aliphatic heterocycles. The molecule has 0 bridgehead atoms. The molecule has 0 aliphatic rings. The molecule has 0 aromatic heterocycles. The van der Waals surface area contributed by atoms with E-state index in [0.29, 0.717) is 12.2 Å². The van der Waals surface area contributed by atoms with Crippen molar-refractivity contribution in [2.24, 2.45) is 0 Å². The van der Waals surface area contributed by atoms with Crippen molar-refractivity contribution < 1.29 is 12.6 Å². The first kappa shape index (κ1) is 15.0. The van der Waals surface area contributed by atoms with E-state index >= 15 is 0 Å². The monoisotopic (exact) mass is 270 g/mol. The molecule has 0 N–H and O–H groups in total. The van der Waals surface area contributed by atoms with Gasteiger partial charge in [0.05, 0.1) is 5.75 Å². The summed E-state index contributed by atoms with van der Waals surface area (Å²) in [6, 6.07) is 7.37. The van der Waals surface area contributed by atoms with Crippen molar-refractivity contribution in [2.75, 3.05) is 5.75 Å². The minimum Gasteiger partial charge on any atom is -0.382 e. The SMILES string of the molecule is CCCCCc1cccc(OS(=O)(=O)CCC)c1. The van der Waals surface area contributed by atoms with E-state index in [2.05, 4.69) is 6.92 Å². The van der Waals surface area contributed by atoms with Crippen LogP contribution in [-0.2, 0) is 16.5 Å². The largest absolute Gasteiger partial charge is 0.382 e. The summed E-state index contributed by atoms with van der Waals surface area (Å²) in [4.78, 5) is 0. The summed E-state index contributed by atoms with van der Waals surface area (Å²) >= 11 is 0. The molecule has 3 nitrogen and oxygen atoms in total. The molecule has 0 saturated carbocycles. The van der Waals surface area contributed by atoms with Crippen LogP contribution in [0.3, 0.4) is 0 Å². The lowest BCUT2D eigenvalue weighted by atomic mass is 10.1. The lowest BCUT2D eigenvalue weighted by molar-refractivity contribution is 0.484. The molecule has 1 aromatic carbocycles. The summed E-state index contributed by atoms with van der Waals surface area (Å²) in [5, 5.41) is 0. The quantitative estimate of drug-likeness (QED) is 0.536. The fraction of sp³-hybridized carbons (Fsp3) is 0.571. The van der Waals surface area contributed by atoms with Crippen molar-refractivity contribution in [3.63, 3.8) is 0 Å². The van der Waals surface area contributed by atoms with Crippen LogP contribution >= 0.6 is 0 Å². The van der Waals surface area contributed by atoms with E-state index in [1.165, 1.54) is 12.8 Å². The van der Waals surface area contributed by atoms with Gasteiger partial charge in [-0.3, -0.25) is 0 Å². The van der Waals surface area contributed by atoms with Crippen LogP contribution in [0.25, 0.3) is 0 Å². The van der Waals surface area contributed by atoms with Crippen LogP contribution in [0.4, 0.5) is 0 Å². The first-order valence-corrected chi connectivity index (χ1v) is 8.16. The van der Waals surface area contributed by atoms with Gasteiger partial charge in [-0.1, -0.05) is 38.8 Å². The molecule has 0 heterocycles. The van der Waals surface area contributed by atoms with Gasteiger partial charge in [-0.2, -0.15) is 8.42 Å². The van der Waals surface area contributed by atoms with Crippen molar-refractivity contribution in [2.45, 2.75) is 46.0 Å². The van der Waals surface area contributed by atoms with Gasteiger partial charge >= 0.3 is 10.1 Å². The van der Waals surface area contributed by atoms with E-state index in [4.69, 9.17) is 4.18 Å². The lowest BCUT2D eigenvalue weighted by Gasteiger charge is -2.07. The van der Waals surface area contributed by atoms with Crippen molar-refractivity contribution in [3.05, 3.63) is 29.8 Å². The molecule has 0 unspecified atom stereocenters. The molecule has 0 spiro atoms. The number of benzene rings is 1. The Labute approximate surface area is 110 Å². The molecule has 1 rings (SSSR count). The zero-order valence-corrected chi connectivity index (χ0v) is 12.0. The van der Waals surface area contributed by atoms with Crippen molar-refractivity contribution >= 4 is 10.1 Å². The summed E-state index contributed by atoms with van der Waals surface area (Å²) < 4.78 is 28.2. The zero-order chi connectivity index (χ0) is 13.4. The van der Waals surface area contributed by atoms with Gasteiger partial charge in [0.15, 0.2) is 0 Å². The lowest BCUT2D eigenvalue weighted by Crippen LogP contribution is -2.13. The highest BCUT2D eigenvalue weighted by Crippen LogP contribution is 2.17. The Morgan fingerprint density at radius 3 is 2.56 bits per heavy atom. The highest BCUT2D eigenvalue weighted by atomic mass is 32.2. The second kappa shape index (κ2) is 7.41. The number of hydrogen-bond donors (Lipinski definition) is 0. The van der Waals surface area contributed by atoms with E-state index in [-0.39, 0.29) is 5.75 Å². The van der Waals surface area contributed by atoms with Crippen molar-refractivity contribution in [3.8, 4) is 5.75 Å². The maximum absolute atomic E-state index is 11.5. The molecule has 4 heteroatoms. The topological polar surface area (TPSA) is 43.4 Å². The van der Waals surface area contributed by atoms with E-state index in [0.717, 1.165) is 18.4 Å². The molecule has 1 aromatic rings. The smallest absolute Gasteiger partial charge is 0.309 e. The highest BCUT2D eigenvalue weighted by molar-refractivity contribution is 7.87. The van der Waals surface area contributed by atoms with Crippen LogP contribution in [0.1, 0.15) is 45.1 Å². The predicted molar refractivity (Wildman–Crippen MR) is 74.4 cm³/mol. The van der Waals surface area contributed by atoms with Crippen LogP contribution in [0.5, 0.6) is 5.75 Å². The second-order valence-corrected chi connectivity index (χ2v) is 6.14. The number of hydrogen-bond acceptors (Lipinski definition) is 3. The fourth-order valence-electron chi connectivity index (χ4n) is 1.77. The average Bonchev–Trinajstić information content (AvgIpc) is 2.29. The maximum Gasteiger partial charge on any atom is 0.309 e. The Bertz CT molecular complexity index is 452. The first-order chi connectivity index (χ1) is 8.57. The standard InChI is InChI=1S/C14H22O3S/c1-3-5-6-8-13-9-7-10-14(12-13)17-18(15,16)11-4-2/h7,9-10,12H,3-6,8,11H2,1-2H3. The third-order valence-corrected chi connectivity index (χ3v) is 4.00. The molecular weight excluding hydrogens is 248 g/mol. The van der Waals surface area contributed by atoms with Crippen molar-refractivity contribution in [1.82, 2.24) is 0 Å². The normalized spacial score (nSPS) is 11.4. The number of unbranched alkanes of at least 4 members (excludes halogenated alkanes) is 2. The van der Waals surface area contributed by atoms with Gasteiger partial charge in [0.2, 0.25) is 0 Å². The Balaban J connectivity index is 2.64. The first-order valence-electron chi connectivity index (χ1n) is 6.58. The summed E-state index contributed by atoms with van der Waals surface area (Å²) in [7, 11) is -3.43. The molecule has 18 heavy (non-hydrogen) atoms. The molecule has 0 amide bonds. The van der Waals surface area contributed by atoms with Crippen molar-refractivity contribution in [1.29, 1.82) is 0 Å². The Morgan fingerprint density at radius 2 is 1.89 bits per heavy atom. The summed E-state index contributed by atoms with van der Waals surface area (Å²) in [5.74, 6) is 0.491. The van der Waals surface area contributed by atoms with E-state index < -0.39 is 10.1 Å². The minimum atomic E-state index is -3.43. The molecule has 0 aliphatic carbocycles. The van der Waals surface area contributed by atoms with Gasteiger partial charge in [0, 0.05) is 0 Å². The highest BCUT2D eigenvalue weighted by Gasteiger charge is 2.11. The van der Waals surface area contributed by atoms with Crippen LogP contribution in [0.2, 0.25) is 0 Å². The molecule has 0 fully saturated rings. The number of aryl methyl sites for hydroxylation is 1. The Morgan fingerprint density at radius 1 is 1.11 bits per heavy atom. The van der Waals surface area contributed by atoms with Crippen LogP contribution < -0.4 is 4.18 Å². The molecule has 0 saturated heterocycles. The summed E-state index contributed by atoms with van der Waals surface area (Å²) in [6.45, 7) is 3.99. The van der Waals surface area contributed by atoms with Gasteiger partial charge in [0.25, 0.3) is 0 Å². The third kappa shape index (κ3) is 5.54. The van der Waals surface area contributed by atoms with E-state index in [1.54, 1.807) is 6.07 Å². The molecule has 0 radical (unpaired) electrons. The fourth-order valence-corrected chi connectivity index (χ4v) is 2.75. The van der Waals surface area contributed by atoms with Gasteiger partial charge in [-0.05, 0) is 37.0 Å². The van der Waals surface area contributed by atoms with Crippen LogP contribution in [0.15, 0.2) is 24.3 Å². The predicted octanol–water partition coefficient (Wildman–Crippen LogP) is 3.54. The van der Waals surface area contributed by atoms with E-state index in [9.17, 15) is 8.42 Å². The zero-order valence-electron chi connectivity index (χ0n) is 11.2. The average molecular weight is 270 g/mol. The molecule has 102 valence electrons. The maximum atomic E-state index is 11.5. The molecule has 0 atom stereocenters. The number of rotatable bonds is 8. The third-order valence-electron chi connectivity index (χ3n) is 2.64. The molecular formula is C14H22O3S. The summed E-state index contributed by atoms with van der Waals surface area (Å²) in [5.41, 5.74) is 1.13. The van der Waals surface area contributed by atoms with E-state index in [1.807, 2.05) is 25.1 Å². The van der Waals surface area contributed by atoms with Gasteiger partial charge in [-0.15, -0.1) is 0 Å². The van der Waals surface area contributed by atoms with Crippen LogP contribution in [-0.4, -0.2) is 14.2 Å².